The third-order valence-electron chi connectivity index (χ3n) is 7.40. The average Bonchev–Trinajstić information content (AvgIpc) is 3.71. The molecule has 0 aliphatic carbocycles. The van der Waals surface area contributed by atoms with E-state index in [9.17, 15) is 9.59 Å². The largest absolute Gasteiger partial charge is 0.306 e. The van der Waals surface area contributed by atoms with Gasteiger partial charge in [-0.05, 0) is 47.9 Å². The lowest BCUT2D eigenvalue weighted by Gasteiger charge is -2.24. The van der Waals surface area contributed by atoms with E-state index in [1.807, 2.05) is 9.80 Å². The molecule has 0 atom stereocenters. The van der Waals surface area contributed by atoms with Crippen molar-refractivity contribution >= 4 is 87.4 Å². The fourth-order valence-electron chi connectivity index (χ4n) is 5.49. The smallest absolute Gasteiger partial charge is 0.261 e. The van der Waals surface area contributed by atoms with Gasteiger partial charge < -0.3 is 9.80 Å². The van der Waals surface area contributed by atoms with Gasteiger partial charge in [0.15, 0.2) is 0 Å². The fraction of sp³-hybridized carbons (Fsp3) is 0.400. The zero-order valence-corrected chi connectivity index (χ0v) is 25.1. The molecular formula is C30H32N2O2S4. The van der Waals surface area contributed by atoms with Crippen molar-refractivity contribution in [2.24, 2.45) is 0 Å². The monoisotopic (exact) mass is 580 g/mol. The van der Waals surface area contributed by atoms with E-state index < -0.39 is 0 Å². The van der Waals surface area contributed by atoms with E-state index in [-0.39, 0.29) is 11.8 Å². The maximum atomic E-state index is 14.3. The van der Waals surface area contributed by atoms with Crippen LogP contribution >= 0.6 is 45.3 Å². The molecule has 6 rings (SSSR count). The molecule has 0 spiro atoms. The van der Waals surface area contributed by atoms with Gasteiger partial charge in [-0.25, -0.2) is 0 Å². The molecule has 0 fully saturated rings. The van der Waals surface area contributed by atoms with Gasteiger partial charge in [0.25, 0.3) is 11.8 Å². The summed E-state index contributed by atoms with van der Waals surface area (Å²) in [4.78, 5) is 34.4. The highest BCUT2D eigenvalue weighted by Crippen LogP contribution is 2.50. The van der Waals surface area contributed by atoms with Gasteiger partial charge in [-0.1, -0.05) is 52.4 Å². The first-order chi connectivity index (χ1) is 18.6. The molecule has 2 aliphatic rings. The molecule has 198 valence electrons. The Labute approximate surface area is 239 Å². The number of hydrogen-bond donors (Lipinski definition) is 0. The number of nitrogens with zero attached hydrogens (tertiary/aromatic N) is 2. The first kappa shape index (κ1) is 26.0. The lowest BCUT2D eigenvalue weighted by atomic mass is 10.1. The summed E-state index contributed by atoms with van der Waals surface area (Å²) in [5.74, 6) is -0.00108. The average molecular weight is 581 g/mol. The van der Waals surface area contributed by atoms with E-state index in [0.717, 1.165) is 72.5 Å². The van der Waals surface area contributed by atoms with Crippen LogP contribution in [0.3, 0.4) is 0 Å². The summed E-state index contributed by atoms with van der Waals surface area (Å²) in [7, 11) is 0. The normalized spacial score (nSPS) is 15.9. The molecule has 2 aliphatic heterocycles. The summed E-state index contributed by atoms with van der Waals surface area (Å²) in [6.07, 6.45) is 8.70. The second-order valence-electron chi connectivity index (χ2n) is 10.0. The molecule has 0 unspecified atom stereocenters. The van der Waals surface area contributed by atoms with Crippen LogP contribution in [0.2, 0.25) is 0 Å². The Bertz CT molecular complexity index is 1390. The summed E-state index contributed by atoms with van der Waals surface area (Å²) in [6, 6.07) is 8.64. The van der Waals surface area contributed by atoms with Crippen molar-refractivity contribution in [3.63, 3.8) is 0 Å². The number of thiophene rings is 4. The molecular weight excluding hydrogens is 549 g/mol. The van der Waals surface area contributed by atoms with E-state index in [2.05, 4.69) is 48.9 Å². The molecule has 0 bridgehead atoms. The second-order valence-corrected chi connectivity index (χ2v) is 14.1. The lowest BCUT2D eigenvalue weighted by molar-refractivity contribution is -0.124. The summed E-state index contributed by atoms with van der Waals surface area (Å²) in [6.45, 7) is 5.72. The van der Waals surface area contributed by atoms with Gasteiger partial charge in [0.1, 0.15) is 0 Å². The number of rotatable bonds is 12. The minimum absolute atomic E-state index is 0.000541. The van der Waals surface area contributed by atoms with Crippen molar-refractivity contribution in [1.29, 1.82) is 0 Å². The van der Waals surface area contributed by atoms with Crippen LogP contribution in [0.4, 0.5) is 0 Å². The molecule has 2 amide bonds. The second kappa shape index (κ2) is 11.1. The van der Waals surface area contributed by atoms with Crippen molar-refractivity contribution in [3.05, 3.63) is 55.9 Å². The molecule has 38 heavy (non-hydrogen) atoms. The molecule has 0 N–H and O–H groups in total. The highest BCUT2D eigenvalue weighted by Gasteiger charge is 2.49. The molecule has 4 nitrogen and oxygen atoms in total. The molecule has 8 heteroatoms. The van der Waals surface area contributed by atoms with E-state index >= 15 is 0 Å². The van der Waals surface area contributed by atoms with E-state index in [4.69, 9.17) is 0 Å². The number of fused-ring (bicyclic) bond motifs is 3. The van der Waals surface area contributed by atoms with Gasteiger partial charge in [0.05, 0.1) is 32.3 Å². The number of carbonyl (C=O) groups is 2. The molecule has 0 saturated heterocycles. The van der Waals surface area contributed by atoms with Crippen molar-refractivity contribution in [3.8, 4) is 0 Å². The minimum atomic E-state index is -0.000541. The van der Waals surface area contributed by atoms with Crippen LogP contribution in [-0.4, -0.2) is 34.7 Å². The topological polar surface area (TPSA) is 40.6 Å². The van der Waals surface area contributed by atoms with Gasteiger partial charge >= 0.3 is 0 Å². The maximum absolute atomic E-state index is 14.3. The van der Waals surface area contributed by atoms with Crippen molar-refractivity contribution in [2.45, 2.75) is 65.2 Å². The predicted octanol–water partition coefficient (Wildman–Crippen LogP) is 9.21. The SMILES string of the molecule is CCCCCCN1C(=O)C2=C(c3cc4sccc4s3)N(CCCCCC)C(=O)C2=C1c1cc2sccc2s1. The summed E-state index contributed by atoms with van der Waals surface area (Å²) in [5.41, 5.74) is 2.93. The molecule has 4 aromatic rings. The van der Waals surface area contributed by atoms with Crippen LogP contribution in [0, 0.1) is 0 Å². The third-order valence-corrected chi connectivity index (χ3v) is 11.6. The summed E-state index contributed by atoms with van der Waals surface area (Å²) in [5, 5.41) is 4.21. The van der Waals surface area contributed by atoms with Crippen LogP contribution in [0.5, 0.6) is 0 Å². The fourth-order valence-corrected chi connectivity index (χ4v) is 9.83. The molecule has 4 aromatic heterocycles. The Hall–Kier alpha value is -2.26. The highest BCUT2D eigenvalue weighted by molar-refractivity contribution is 7.28. The number of hydrogen-bond acceptors (Lipinski definition) is 6. The quantitative estimate of drug-likeness (QED) is 0.157. The van der Waals surface area contributed by atoms with Crippen LogP contribution in [0.15, 0.2) is 46.2 Å². The van der Waals surface area contributed by atoms with Gasteiger partial charge in [0.2, 0.25) is 0 Å². The van der Waals surface area contributed by atoms with Crippen molar-refractivity contribution < 1.29 is 9.59 Å². The molecule has 0 aromatic carbocycles. The standard InChI is InChI=1S/C30H32N2O2S4/c1-3-5-7-9-13-31-27(23-17-21-19(37-23)11-15-35-21)25-26(29(31)33)28(24-18-22-20(38-24)12-16-36-22)32(30(25)34)14-10-8-6-4-2/h11-12,15-18H,3-10,13-14H2,1-2H3. The summed E-state index contributed by atoms with van der Waals surface area (Å²) >= 11 is 6.83. The van der Waals surface area contributed by atoms with Gasteiger partial charge in [-0.15, -0.1) is 45.3 Å². The first-order valence-corrected chi connectivity index (χ1v) is 17.1. The Kier molecular flexibility index (Phi) is 7.58. The van der Waals surface area contributed by atoms with Crippen LogP contribution in [-0.2, 0) is 9.59 Å². The van der Waals surface area contributed by atoms with E-state index in [0.29, 0.717) is 24.2 Å². The van der Waals surface area contributed by atoms with Crippen LogP contribution in [0.25, 0.3) is 30.2 Å². The number of unbranched alkanes of at least 4 members (excludes halogenated alkanes) is 6. The molecule has 6 heterocycles. The van der Waals surface area contributed by atoms with Crippen LogP contribution < -0.4 is 0 Å². The van der Waals surface area contributed by atoms with Gasteiger partial charge in [-0.2, -0.15) is 0 Å². The first-order valence-electron chi connectivity index (χ1n) is 13.7. The van der Waals surface area contributed by atoms with E-state index in [1.165, 1.54) is 18.8 Å². The van der Waals surface area contributed by atoms with Crippen LogP contribution in [0.1, 0.15) is 75.0 Å². The van der Waals surface area contributed by atoms with Crippen molar-refractivity contribution in [2.75, 3.05) is 13.1 Å². The Morgan fingerprint density at radius 2 is 1.05 bits per heavy atom. The number of amides is 2. The lowest BCUT2D eigenvalue weighted by Crippen LogP contribution is -2.30. The highest BCUT2D eigenvalue weighted by atomic mass is 32.1. The summed E-state index contributed by atoms with van der Waals surface area (Å²) < 4.78 is 4.87. The third kappa shape index (κ3) is 4.49. The Morgan fingerprint density at radius 1 is 0.605 bits per heavy atom. The number of carbonyl (C=O) groups excluding carboxylic acids is 2. The van der Waals surface area contributed by atoms with E-state index in [1.54, 1.807) is 45.3 Å². The predicted molar refractivity (Wildman–Crippen MR) is 165 cm³/mol. The van der Waals surface area contributed by atoms with Gasteiger partial charge in [-0.3, -0.25) is 9.59 Å². The Morgan fingerprint density at radius 3 is 1.45 bits per heavy atom. The maximum Gasteiger partial charge on any atom is 0.261 e. The molecule has 0 radical (unpaired) electrons. The zero-order chi connectivity index (χ0) is 26.2. The Balaban J connectivity index is 1.49. The molecule has 0 saturated carbocycles. The van der Waals surface area contributed by atoms with Gasteiger partial charge in [0, 0.05) is 31.9 Å². The zero-order valence-electron chi connectivity index (χ0n) is 21.9. The van der Waals surface area contributed by atoms with Crippen molar-refractivity contribution in [1.82, 2.24) is 9.80 Å². The minimum Gasteiger partial charge on any atom is -0.306 e.